The average Bonchev–Trinajstić information content (AvgIpc) is 3.52. The summed E-state index contributed by atoms with van der Waals surface area (Å²) in [6.07, 6.45) is 6.13. The predicted molar refractivity (Wildman–Crippen MR) is 165 cm³/mol. The van der Waals surface area contributed by atoms with Crippen molar-refractivity contribution in [3.8, 4) is 17.0 Å². The molecule has 5 rings (SSSR count). The van der Waals surface area contributed by atoms with Crippen molar-refractivity contribution < 1.29 is 19.4 Å². The van der Waals surface area contributed by atoms with Gasteiger partial charge in [0.25, 0.3) is 0 Å². The van der Waals surface area contributed by atoms with E-state index in [-0.39, 0.29) is 17.2 Å². The number of anilines is 4. The number of aryl methyl sites for hydroxylation is 1. The summed E-state index contributed by atoms with van der Waals surface area (Å²) < 4.78 is 7.79. The van der Waals surface area contributed by atoms with Crippen molar-refractivity contribution in [1.82, 2.24) is 19.4 Å². The normalized spacial score (nSPS) is 15.0. The number of para-hydroxylation sites is 1. The van der Waals surface area contributed by atoms with E-state index in [2.05, 4.69) is 44.0 Å². The number of carbonyl (C=O) groups excluding carboxylic acids is 1. The number of methoxy groups -OCH3 is 1. The number of benzene rings is 2. The molecule has 1 atom stereocenters. The summed E-state index contributed by atoms with van der Waals surface area (Å²) in [7, 11) is 7.62. The van der Waals surface area contributed by atoms with Gasteiger partial charge in [-0.25, -0.2) is 14.8 Å². The van der Waals surface area contributed by atoms with Crippen LogP contribution in [0, 0.1) is 0 Å². The van der Waals surface area contributed by atoms with Crippen LogP contribution >= 0.6 is 0 Å². The van der Waals surface area contributed by atoms with E-state index >= 15 is 0 Å². The maximum Gasteiger partial charge on any atom is 0.339 e. The Morgan fingerprint density at radius 1 is 1.24 bits per heavy atom. The summed E-state index contributed by atoms with van der Waals surface area (Å²) in [6.45, 7) is 5.46. The van der Waals surface area contributed by atoms with Gasteiger partial charge >= 0.3 is 5.97 Å². The molecule has 4 aromatic rings. The van der Waals surface area contributed by atoms with Crippen LogP contribution in [0.15, 0.2) is 61.6 Å². The Morgan fingerprint density at radius 3 is 2.71 bits per heavy atom. The van der Waals surface area contributed by atoms with E-state index in [0.717, 1.165) is 42.5 Å². The van der Waals surface area contributed by atoms with E-state index in [9.17, 15) is 14.7 Å². The molecule has 0 spiro atoms. The predicted octanol–water partition coefficient (Wildman–Crippen LogP) is 4.74. The number of aromatic nitrogens is 3. The molecule has 1 aliphatic heterocycles. The maximum atomic E-state index is 12.5. The molecule has 1 amide bonds. The zero-order chi connectivity index (χ0) is 30.0. The number of rotatable bonds is 10. The molecule has 2 aromatic carbocycles. The number of nitrogens with one attached hydrogen (secondary N) is 2. The molecule has 3 heterocycles. The highest BCUT2D eigenvalue weighted by molar-refractivity contribution is 6.08. The van der Waals surface area contributed by atoms with Gasteiger partial charge in [0.2, 0.25) is 5.91 Å². The van der Waals surface area contributed by atoms with Gasteiger partial charge in [-0.15, -0.1) is 0 Å². The Kier molecular flexibility index (Phi) is 8.12. The third kappa shape index (κ3) is 5.38. The molecule has 1 fully saturated rings. The molecule has 2 aromatic heterocycles. The van der Waals surface area contributed by atoms with Gasteiger partial charge in [-0.05, 0) is 44.6 Å². The lowest BCUT2D eigenvalue weighted by Crippen LogP contribution is -2.37. The van der Waals surface area contributed by atoms with Crippen LogP contribution in [0.1, 0.15) is 23.2 Å². The van der Waals surface area contributed by atoms with Crippen molar-refractivity contribution >= 4 is 45.7 Å². The van der Waals surface area contributed by atoms with Gasteiger partial charge in [0, 0.05) is 44.3 Å². The Morgan fingerprint density at radius 2 is 2.02 bits per heavy atom. The van der Waals surface area contributed by atoms with Crippen LogP contribution < -0.4 is 20.3 Å². The van der Waals surface area contributed by atoms with E-state index in [4.69, 9.17) is 4.74 Å². The molecule has 1 aliphatic rings. The topological polar surface area (TPSA) is 125 Å². The standard InChI is InChI=1S/C31H35N7O4/c1-6-27(39)34-22-14-23(26(42-5)15-25(22)37(3)17-19-10-9-13-36(19)2)35-30-28(20-11-7-8-12-24(20)38(30)4)29-21(31(40)41)16-32-18-33-29/h6-8,11-12,14-16,18-19,35H,1,9-10,13,17H2,2-5H3,(H,34,39)(H,40,41). The Balaban J connectivity index is 1.65. The van der Waals surface area contributed by atoms with Crippen molar-refractivity contribution in [3.63, 3.8) is 0 Å². The van der Waals surface area contributed by atoms with Crippen molar-refractivity contribution in [1.29, 1.82) is 0 Å². The third-order valence-corrected chi connectivity index (χ3v) is 7.87. The van der Waals surface area contributed by atoms with Crippen molar-refractivity contribution in [2.24, 2.45) is 7.05 Å². The van der Waals surface area contributed by atoms with E-state index in [1.54, 1.807) is 7.11 Å². The molecule has 1 unspecified atom stereocenters. The summed E-state index contributed by atoms with van der Waals surface area (Å²) in [6, 6.07) is 11.8. The van der Waals surface area contributed by atoms with Gasteiger partial charge in [-0.3, -0.25) is 4.79 Å². The summed E-state index contributed by atoms with van der Waals surface area (Å²) in [5.41, 5.74) is 3.71. The summed E-state index contributed by atoms with van der Waals surface area (Å²) in [5.74, 6) is -0.316. The number of likely N-dealkylation sites (N-methyl/N-ethyl adjacent to an activating group) is 2. The molecule has 42 heavy (non-hydrogen) atoms. The second kappa shape index (κ2) is 11.9. The fourth-order valence-corrected chi connectivity index (χ4v) is 5.65. The van der Waals surface area contributed by atoms with E-state index in [0.29, 0.717) is 34.5 Å². The number of hydrogen-bond acceptors (Lipinski definition) is 8. The summed E-state index contributed by atoms with van der Waals surface area (Å²) in [5, 5.41) is 17.2. The van der Waals surface area contributed by atoms with Gasteiger partial charge < -0.3 is 34.8 Å². The minimum Gasteiger partial charge on any atom is -0.494 e. The first kappa shape index (κ1) is 28.6. The number of carbonyl (C=O) groups is 2. The highest BCUT2D eigenvalue weighted by Crippen LogP contribution is 2.43. The number of ether oxygens (including phenoxy) is 1. The van der Waals surface area contributed by atoms with Crippen LogP contribution in [-0.2, 0) is 11.8 Å². The minimum atomic E-state index is -1.13. The van der Waals surface area contributed by atoms with Gasteiger partial charge in [0.15, 0.2) is 0 Å². The quantitative estimate of drug-likeness (QED) is 0.232. The van der Waals surface area contributed by atoms with Crippen LogP contribution in [0.2, 0.25) is 0 Å². The number of fused-ring (bicyclic) bond motifs is 1. The number of amides is 1. The summed E-state index contributed by atoms with van der Waals surface area (Å²) >= 11 is 0. The lowest BCUT2D eigenvalue weighted by atomic mass is 10.0. The molecule has 0 aliphatic carbocycles. The molecule has 1 saturated heterocycles. The Bertz CT molecular complexity index is 1660. The smallest absolute Gasteiger partial charge is 0.339 e. The number of carboxylic acid groups (broad SMARTS) is 1. The molecule has 218 valence electrons. The number of likely N-dealkylation sites (tertiary alicyclic amines) is 1. The van der Waals surface area contributed by atoms with E-state index < -0.39 is 5.97 Å². The molecule has 0 bridgehead atoms. The van der Waals surface area contributed by atoms with Crippen molar-refractivity contribution in [2.75, 3.05) is 49.8 Å². The molecule has 0 radical (unpaired) electrons. The third-order valence-electron chi connectivity index (χ3n) is 7.87. The fourth-order valence-electron chi connectivity index (χ4n) is 5.65. The van der Waals surface area contributed by atoms with Crippen LogP contribution in [0.4, 0.5) is 22.9 Å². The fraction of sp³-hybridized carbons (Fsp3) is 0.290. The lowest BCUT2D eigenvalue weighted by molar-refractivity contribution is -0.111. The highest BCUT2D eigenvalue weighted by atomic mass is 16.5. The first-order valence-corrected chi connectivity index (χ1v) is 13.7. The first-order valence-electron chi connectivity index (χ1n) is 13.7. The highest BCUT2D eigenvalue weighted by Gasteiger charge is 2.26. The molecular formula is C31H35N7O4. The van der Waals surface area contributed by atoms with Crippen molar-refractivity contribution in [2.45, 2.75) is 18.9 Å². The Labute approximate surface area is 244 Å². The molecule has 3 N–H and O–H groups in total. The number of nitrogens with zero attached hydrogens (tertiary/aromatic N) is 5. The summed E-state index contributed by atoms with van der Waals surface area (Å²) in [4.78, 5) is 37.5. The number of aromatic carboxylic acids is 1. The minimum absolute atomic E-state index is 0.0170. The molecule has 11 nitrogen and oxygen atoms in total. The largest absolute Gasteiger partial charge is 0.494 e. The van der Waals surface area contributed by atoms with Crippen LogP contribution in [0.5, 0.6) is 5.75 Å². The van der Waals surface area contributed by atoms with Gasteiger partial charge in [0.1, 0.15) is 23.5 Å². The van der Waals surface area contributed by atoms with Crippen LogP contribution in [0.3, 0.4) is 0 Å². The Hall–Kier alpha value is -4.90. The average molecular weight is 570 g/mol. The van der Waals surface area contributed by atoms with Gasteiger partial charge in [0.05, 0.1) is 40.9 Å². The van der Waals surface area contributed by atoms with E-state index in [1.807, 2.05) is 55.1 Å². The van der Waals surface area contributed by atoms with Crippen LogP contribution in [0.25, 0.3) is 22.2 Å². The lowest BCUT2D eigenvalue weighted by Gasteiger charge is -2.29. The van der Waals surface area contributed by atoms with Crippen molar-refractivity contribution in [3.05, 3.63) is 67.1 Å². The molecular weight excluding hydrogens is 534 g/mol. The number of hydrogen-bond donors (Lipinski definition) is 3. The van der Waals surface area contributed by atoms with E-state index in [1.165, 1.54) is 18.6 Å². The second-order valence-electron chi connectivity index (χ2n) is 10.4. The maximum absolute atomic E-state index is 12.5. The van der Waals surface area contributed by atoms with Crippen LogP contribution in [-0.4, -0.2) is 76.8 Å². The molecule has 11 heteroatoms. The zero-order valence-corrected chi connectivity index (χ0v) is 24.2. The van der Waals surface area contributed by atoms with Gasteiger partial charge in [-0.1, -0.05) is 24.8 Å². The SMILES string of the molecule is C=CC(=O)Nc1cc(Nc2c(-c3ncncc3C(=O)O)c3ccccc3n2C)c(OC)cc1N(C)CC1CCCN1C. The number of carboxylic acids is 1. The molecule has 0 saturated carbocycles. The monoisotopic (exact) mass is 569 g/mol. The van der Waals surface area contributed by atoms with Gasteiger partial charge in [-0.2, -0.15) is 0 Å². The first-order chi connectivity index (χ1) is 20.2. The zero-order valence-electron chi connectivity index (χ0n) is 24.2. The second-order valence-corrected chi connectivity index (χ2v) is 10.4.